The molecule has 2 rings (SSSR count). The largest absolute Gasteiger partial charge is 0.481 e. The average Bonchev–Trinajstić information content (AvgIpc) is 2.46. The van der Waals surface area contributed by atoms with Crippen molar-refractivity contribution in [1.29, 1.82) is 0 Å². The predicted octanol–water partition coefficient (Wildman–Crippen LogP) is 3.10. The lowest BCUT2D eigenvalue weighted by Crippen LogP contribution is -2.02. The molecule has 4 heteroatoms. The van der Waals surface area contributed by atoms with Crippen molar-refractivity contribution in [3.8, 4) is 0 Å². The zero-order valence-corrected chi connectivity index (χ0v) is 11.8. The molecule has 0 amide bonds. The fraction of sp³-hybridized carbons (Fsp3) is 0.188. The Bertz CT molecular complexity index is 596. The summed E-state index contributed by atoms with van der Waals surface area (Å²) < 4.78 is 0. The van der Waals surface area contributed by atoms with Crippen molar-refractivity contribution >= 4 is 17.7 Å². The molecule has 0 atom stereocenters. The first-order valence-corrected chi connectivity index (χ1v) is 7.29. The molecule has 0 radical (unpaired) electrons. The number of hydrogen-bond donors (Lipinski definition) is 2. The third kappa shape index (κ3) is 4.11. The van der Waals surface area contributed by atoms with Gasteiger partial charge in [0.05, 0.1) is 13.0 Å². The molecule has 0 aliphatic rings. The fourth-order valence-corrected chi connectivity index (χ4v) is 2.94. The van der Waals surface area contributed by atoms with Gasteiger partial charge in [-0.3, -0.25) is 4.79 Å². The van der Waals surface area contributed by atoms with E-state index in [9.17, 15) is 4.79 Å². The summed E-state index contributed by atoms with van der Waals surface area (Å²) in [4.78, 5) is 11.9. The van der Waals surface area contributed by atoms with E-state index >= 15 is 0 Å². The number of hydrogen-bond acceptors (Lipinski definition) is 3. The highest BCUT2D eigenvalue weighted by Gasteiger charge is 2.06. The standard InChI is InChI=1S/C16H16O3S/c17-10-12-4-3-7-15(8-12)20-11-14-6-2-1-5-13(14)9-16(18)19/h1-8,17H,9-11H2,(H,18,19). The Morgan fingerprint density at radius 2 is 1.80 bits per heavy atom. The summed E-state index contributed by atoms with van der Waals surface area (Å²) >= 11 is 1.64. The van der Waals surface area contributed by atoms with Crippen LogP contribution in [-0.2, 0) is 23.6 Å². The molecule has 0 spiro atoms. The third-order valence-electron chi connectivity index (χ3n) is 2.94. The molecule has 104 valence electrons. The van der Waals surface area contributed by atoms with Crippen LogP contribution in [0.15, 0.2) is 53.4 Å². The van der Waals surface area contributed by atoms with Crippen LogP contribution in [0.5, 0.6) is 0 Å². The number of rotatable bonds is 6. The van der Waals surface area contributed by atoms with Gasteiger partial charge in [0.25, 0.3) is 0 Å². The van der Waals surface area contributed by atoms with Crippen molar-refractivity contribution in [2.45, 2.75) is 23.7 Å². The third-order valence-corrected chi connectivity index (χ3v) is 3.98. The van der Waals surface area contributed by atoms with Crippen molar-refractivity contribution in [1.82, 2.24) is 0 Å². The van der Waals surface area contributed by atoms with Gasteiger partial charge in [0.15, 0.2) is 0 Å². The van der Waals surface area contributed by atoms with Crippen molar-refractivity contribution in [2.75, 3.05) is 0 Å². The van der Waals surface area contributed by atoms with E-state index in [0.29, 0.717) is 0 Å². The van der Waals surface area contributed by atoms with Crippen LogP contribution in [0.4, 0.5) is 0 Å². The van der Waals surface area contributed by atoms with Gasteiger partial charge in [0.2, 0.25) is 0 Å². The second kappa shape index (κ2) is 7.12. The lowest BCUT2D eigenvalue weighted by atomic mass is 10.1. The summed E-state index contributed by atoms with van der Waals surface area (Å²) in [6.45, 7) is 0.0317. The molecule has 0 fully saturated rings. The van der Waals surface area contributed by atoms with Gasteiger partial charge in [-0.05, 0) is 28.8 Å². The van der Waals surface area contributed by atoms with E-state index in [1.807, 2.05) is 48.5 Å². The van der Waals surface area contributed by atoms with E-state index < -0.39 is 5.97 Å². The van der Waals surface area contributed by atoms with Crippen LogP contribution in [-0.4, -0.2) is 16.2 Å². The quantitative estimate of drug-likeness (QED) is 0.802. The number of aliphatic hydroxyl groups is 1. The van der Waals surface area contributed by atoms with E-state index in [2.05, 4.69) is 0 Å². The molecule has 0 unspecified atom stereocenters. The van der Waals surface area contributed by atoms with E-state index in [-0.39, 0.29) is 13.0 Å². The number of carbonyl (C=O) groups is 1. The molecule has 3 nitrogen and oxygen atoms in total. The minimum absolute atomic E-state index is 0.0317. The van der Waals surface area contributed by atoms with Gasteiger partial charge in [0, 0.05) is 10.6 Å². The first-order valence-electron chi connectivity index (χ1n) is 6.30. The van der Waals surface area contributed by atoms with Gasteiger partial charge < -0.3 is 10.2 Å². The predicted molar refractivity (Wildman–Crippen MR) is 79.7 cm³/mol. The molecule has 0 aromatic heterocycles. The summed E-state index contributed by atoms with van der Waals surface area (Å²) in [5.41, 5.74) is 2.77. The maximum atomic E-state index is 10.8. The van der Waals surface area contributed by atoms with Crippen LogP contribution in [0.2, 0.25) is 0 Å². The summed E-state index contributed by atoms with van der Waals surface area (Å²) in [5, 5.41) is 18.0. The highest BCUT2D eigenvalue weighted by molar-refractivity contribution is 7.98. The average molecular weight is 288 g/mol. The Labute approximate surface area is 122 Å². The summed E-state index contributed by atoms with van der Waals surface area (Å²) in [5.74, 6) is -0.0945. The Hall–Kier alpha value is -1.78. The topological polar surface area (TPSA) is 57.5 Å². The Morgan fingerprint density at radius 3 is 2.50 bits per heavy atom. The number of aliphatic carboxylic acids is 1. The molecular weight excluding hydrogens is 272 g/mol. The zero-order valence-electron chi connectivity index (χ0n) is 11.0. The maximum absolute atomic E-state index is 10.8. The van der Waals surface area contributed by atoms with Crippen LogP contribution >= 0.6 is 11.8 Å². The molecule has 0 saturated carbocycles. The smallest absolute Gasteiger partial charge is 0.307 e. The zero-order chi connectivity index (χ0) is 14.4. The summed E-state index contributed by atoms with van der Waals surface area (Å²) in [7, 11) is 0. The maximum Gasteiger partial charge on any atom is 0.307 e. The van der Waals surface area contributed by atoms with Crippen molar-refractivity contribution in [3.63, 3.8) is 0 Å². The highest BCUT2D eigenvalue weighted by Crippen LogP contribution is 2.25. The molecule has 2 N–H and O–H groups in total. The van der Waals surface area contributed by atoms with Gasteiger partial charge in [-0.2, -0.15) is 0 Å². The lowest BCUT2D eigenvalue weighted by molar-refractivity contribution is -0.136. The molecular formula is C16H16O3S. The number of aliphatic hydroxyl groups excluding tert-OH is 1. The van der Waals surface area contributed by atoms with Crippen molar-refractivity contribution in [2.24, 2.45) is 0 Å². The Kier molecular flexibility index (Phi) is 5.21. The first kappa shape index (κ1) is 14.6. The van der Waals surface area contributed by atoms with Crippen LogP contribution < -0.4 is 0 Å². The van der Waals surface area contributed by atoms with Gasteiger partial charge in [-0.1, -0.05) is 36.4 Å². The van der Waals surface area contributed by atoms with Gasteiger partial charge in [0.1, 0.15) is 0 Å². The van der Waals surface area contributed by atoms with Crippen molar-refractivity contribution < 1.29 is 15.0 Å². The molecule has 20 heavy (non-hydrogen) atoms. The lowest BCUT2D eigenvalue weighted by Gasteiger charge is -2.08. The molecule has 0 bridgehead atoms. The monoisotopic (exact) mass is 288 g/mol. The Balaban J connectivity index is 2.08. The van der Waals surface area contributed by atoms with Crippen LogP contribution in [0.25, 0.3) is 0 Å². The van der Waals surface area contributed by atoms with Gasteiger partial charge >= 0.3 is 5.97 Å². The first-order chi connectivity index (χ1) is 9.69. The van der Waals surface area contributed by atoms with E-state index in [0.717, 1.165) is 27.3 Å². The molecule has 2 aromatic carbocycles. The molecule has 2 aromatic rings. The molecule has 0 saturated heterocycles. The summed E-state index contributed by atoms with van der Waals surface area (Å²) in [6, 6.07) is 15.3. The molecule has 0 aliphatic heterocycles. The minimum Gasteiger partial charge on any atom is -0.481 e. The highest BCUT2D eigenvalue weighted by atomic mass is 32.2. The van der Waals surface area contributed by atoms with E-state index in [4.69, 9.17) is 10.2 Å². The van der Waals surface area contributed by atoms with Gasteiger partial charge in [-0.15, -0.1) is 11.8 Å². The number of carboxylic acid groups (broad SMARTS) is 1. The second-order valence-corrected chi connectivity index (χ2v) is 5.48. The molecule has 0 aliphatic carbocycles. The minimum atomic E-state index is -0.815. The molecule has 0 heterocycles. The van der Waals surface area contributed by atoms with Crippen LogP contribution in [0.3, 0.4) is 0 Å². The van der Waals surface area contributed by atoms with E-state index in [1.165, 1.54) is 0 Å². The number of carboxylic acids is 1. The number of benzene rings is 2. The van der Waals surface area contributed by atoms with Crippen molar-refractivity contribution in [3.05, 3.63) is 65.2 Å². The second-order valence-electron chi connectivity index (χ2n) is 4.43. The Morgan fingerprint density at radius 1 is 1.05 bits per heavy atom. The summed E-state index contributed by atoms with van der Waals surface area (Å²) in [6.07, 6.45) is 0.0490. The fourth-order valence-electron chi connectivity index (χ4n) is 1.93. The normalized spacial score (nSPS) is 10.4. The SMILES string of the molecule is O=C(O)Cc1ccccc1CSc1cccc(CO)c1. The number of thioether (sulfide) groups is 1. The van der Waals surface area contributed by atoms with Gasteiger partial charge in [-0.25, -0.2) is 0 Å². The van der Waals surface area contributed by atoms with Crippen LogP contribution in [0.1, 0.15) is 16.7 Å². The van der Waals surface area contributed by atoms with Crippen LogP contribution in [0, 0.1) is 0 Å². The van der Waals surface area contributed by atoms with E-state index in [1.54, 1.807) is 11.8 Å².